The minimum absolute atomic E-state index is 0.0791. The summed E-state index contributed by atoms with van der Waals surface area (Å²) in [4.78, 5) is 27.5. The van der Waals surface area contributed by atoms with Gasteiger partial charge in [-0.25, -0.2) is 8.78 Å². The number of anilines is 1. The van der Waals surface area contributed by atoms with Gasteiger partial charge in [0.2, 0.25) is 11.8 Å². The number of piperidine rings is 1. The summed E-state index contributed by atoms with van der Waals surface area (Å²) in [6.07, 6.45) is 2.51. The molecule has 2 saturated heterocycles. The molecule has 0 bridgehead atoms. The molecule has 0 unspecified atom stereocenters. The molecule has 7 heteroatoms. The molecule has 0 radical (unpaired) electrons. The topological polar surface area (TPSA) is 52.7 Å². The van der Waals surface area contributed by atoms with Crippen molar-refractivity contribution in [2.75, 3.05) is 31.1 Å². The number of carbonyl (C=O) groups is 2. The maximum atomic E-state index is 14.0. The van der Waals surface area contributed by atoms with Crippen LogP contribution in [0.1, 0.15) is 25.7 Å². The first-order chi connectivity index (χ1) is 11.6. The maximum Gasteiger partial charge on any atom is 0.245 e. The Labute approximate surface area is 139 Å². The van der Waals surface area contributed by atoms with Crippen LogP contribution < -0.4 is 10.2 Å². The van der Waals surface area contributed by atoms with Crippen LogP contribution in [0, 0.1) is 11.6 Å². The van der Waals surface area contributed by atoms with Crippen LogP contribution in [-0.4, -0.2) is 48.9 Å². The molecule has 1 aromatic rings. The Hall–Kier alpha value is -2.18. The van der Waals surface area contributed by atoms with Crippen LogP contribution in [0.4, 0.5) is 14.5 Å². The second-order valence-corrected chi connectivity index (χ2v) is 6.25. The van der Waals surface area contributed by atoms with Crippen LogP contribution in [0.25, 0.3) is 0 Å². The fourth-order valence-electron chi connectivity index (χ4n) is 3.33. The summed E-state index contributed by atoms with van der Waals surface area (Å²) < 4.78 is 27.4. The van der Waals surface area contributed by atoms with E-state index in [2.05, 4.69) is 5.32 Å². The first-order valence-electron chi connectivity index (χ1n) is 8.33. The molecule has 2 fully saturated rings. The number of hydrogen-bond donors (Lipinski definition) is 1. The predicted octanol–water partition coefficient (Wildman–Crippen LogP) is 1.67. The van der Waals surface area contributed by atoms with Gasteiger partial charge in [0.05, 0.1) is 5.69 Å². The van der Waals surface area contributed by atoms with Gasteiger partial charge < -0.3 is 15.1 Å². The van der Waals surface area contributed by atoms with E-state index in [1.54, 1.807) is 15.9 Å². The Morgan fingerprint density at radius 3 is 2.75 bits per heavy atom. The molecular weight excluding hydrogens is 316 g/mol. The zero-order chi connectivity index (χ0) is 17.1. The van der Waals surface area contributed by atoms with Crippen molar-refractivity contribution in [1.29, 1.82) is 0 Å². The molecule has 1 N–H and O–H groups in total. The predicted molar refractivity (Wildman–Crippen MR) is 85.5 cm³/mol. The fourth-order valence-corrected chi connectivity index (χ4v) is 3.33. The molecule has 2 aliphatic rings. The van der Waals surface area contributed by atoms with Crippen LogP contribution >= 0.6 is 0 Å². The van der Waals surface area contributed by atoms with Crippen molar-refractivity contribution in [3.63, 3.8) is 0 Å². The van der Waals surface area contributed by atoms with Gasteiger partial charge in [-0.3, -0.25) is 9.59 Å². The molecule has 0 aromatic heterocycles. The highest BCUT2D eigenvalue weighted by molar-refractivity contribution is 5.88. The van der Waals surface area contributed by atoms with Gasteiger partial charge >= 0.3 is 0 Å². The van der Waals surface area contributed by atoms with E-state index in [0.29, 0.717) is 45.4 Å². The largest absolute Gasteiger partial charge is 0.367 e. The van der Waals surface area contributed by atoms with Crippen molar-refractivity contribution in [1.82, 2.24) is 10.2 Å². The number of halogens is 2. The second-order valence-electron chi connectivity index (χ2n) is 6.25. The lowest BCUT2D eigenvalue weighted by atomic mass is 10.0. The Balaban J connectivity index is 1.65. The minimum Gasteiger partial charge on any atom is -0.367 e. The van der Waals surface area contributed by atoms with E-state index in [9.17, 15) is 18.4 Å². The molecule has 0 saturated carbocycles. The Morgan fingerprint density at radius 2 is 1.96 bits per heavy atom. The Kier molecular flexibility index (Phi) is 4.97. The van der Waals surface area contributed by atoms with Crippen molar-refractivity contribution in [2.45, 2.75) is 31.7 Å². The first kappa shape index (κ1) is 16.7. The molecule has 1 aromatic carbocycles. The second kappa shape index (κ2) is 7.15. The van der Waals surface area contributed by atoms with E-state index in [1.807, 2.05) is 0 Å². The van der Waals surface area contributed by atoms with E-state index in [1.165, 1.54) is 6.07 Å². The first-order valence-corrected chi connectivity index (χ1v) is 8.33. The summed E-state index contributed by atoms with van der Waals surface area (Å²) in [5, 5.41) is 2.74. The van der Waals surface area contributed by atoms with Gasteiger partial charge in [-0.1, -0.05) is 6.07 Å². The van der Waals surface area contributed by atoms with Crippen LogP contribution in [0.3, 0.4) is 0 Å². The number of hydrogen-bond acceptors (Lipinski definition) is 3. The number of nitrogens with zero attached hydrogens (tertiary/aromatic N) is 2. The van der Waals surface area contributed by atoms with Crippen molar-refractivity contribution >= 4 is 17.5 Å². The van der Waals surface area contributed by atoms with Crippen molar-refractivity contribution in [2.24, 2.45) is 0 Å². The highest BCUT2D eigenvalue weighted by Gasteiger charge is 2.30. The lowest BCUT2D eigenvalue weighted by molar-refractivity contribution is -0.137. The minimum atomic E-state index is -0.866. The summed E-state index contributed by atoms with van der Waals surface area (Å²) in [6, 6.07) is 3.68. The van der Waals surface area contributed by atoms with E-state index in [-0.39, 0.29) is 17.5 Å². The number of carbonyl (C=O) groups excluding carboxylic acids is 2. The SMILES string of the molecule is O=C1CCC[C@@H](C(=O)N2CCCN(c3cccc(F)c3F)CC2)N1. The smallest absolute Gasteiger partial charge is 0.245 e. The highest BCUT2D eigenvalue weighted by atomic mass is 19.2. The van der Waals surface area contributed by atoms with Gasteiger partial charge in [0.15, 0.2) is 11.6 Å². The van der Waals surface area contributed by atoms with E-state index in [0.717, 1.165) is 12.5 Å². The van der Waals surface area contributed by atoms with E-state index >= 15 is 0 Å². The zero-order valence-corrected chi connectivity index (χ0v) is 13.4. The molecular formula is C17H21F2N3O2. The van der Waals surface area contributed by atoms with Crippen molar-refractivity contribution in [3.05, 3.63) is 29.8 Å². The normalized spacial score (nSPS) is 22.1. The van der Waals surface area contributed by atoms with Gasteiger partial charge in [-0.15, -0.1) is 0 Å². The molecule has 130 valence electrons. The standard InChI is InChI=1S/C17H21F2N3O2/c18-12-4-1-6-14(16(12)19)21-8-3-9-22(11-10-21)17(24)13-5-2-7-15(23)20-13/h1,4,6,13H,2-3,5,7-11H2,(H,20,23)/t13-/m0/s1. The number of nitrogens with one attached hydrogen (secondary N) is 1. The van der Waals surface area contributed by atoms with Crippen molar-refractivity contribution < 1.29 is 18.4 Å². The summed E-state index contributed by atoms with van der Waals surface area (Å²) >= 11 is 0. The average Bonchev–Trinajstić information content (AvgIpc) is 2.83. The number of benzene rings is 1. The molecule has 1 atom stereocenters. The van der Waals surface area contributed by atoms with Crippen LogP contribution in [-0.2, 0) is 9.59 Å². The summed E-state index contributed by atoms with van der Waals surface area (Å²) in [5.74, 6) is -1.88. The summed E-state index contributed by atoms with van der Waals surface area (Å²) in [7, 11) is 0. The zero-order valence-electron chi connectivity index (χ0n) is 13.4. The Bertz CT molecular complexity index is 638. The lowest BCUT2D eigenvalue weighted by Gasteiger charge is -2.29. The molecule has 2 amide bonds. The third-order valence-corrected chi connectivity index (χ3v) is 4.61. The maximum absolute atomic E-state index is 14.0. The monoisotopic (exact) mass is 337 g/mol. The third-order valence-electron chi connectivity index (χ3n) is 4.61. The average molecular weight is 337 g/mol. The molecule has 24 heavy (non-hydrogen) atoms. The van der Waals surface area contributed by atoms with Crippen LogP contribution in [0.5, 0.6) is 0 Å². The van der Waals surface area contributed by atoms with Gasteiger partial charge in [0.1, 0.15) is 6.04 Å². The van der Waals surface area contributed by atoms with E-state index < -0.39 is 17.7 Å². The van der Waals surface area contributed by atoms with Crippen LogP contribution in [0.15, 0.2) is 18.2 Å². The number of rotatable bonds is 2. The summed E-state index contributed by atoms with van der Waals surface area (Å²) in [5.41, 5.74) is 0.232. The molecule has 0 spiro atoms. The van der Waals surface area contributed by atoms with E-state index in [4.69, 9.17) is 0 Å². The molecule has 2 aliphatic heterocycles. The third kappa shape index (κ3) is 3.49. The Morgan fingerprint density at radius 1 is 1.12 bits per heavy atom. The molecule has 5 nitrogen and oxygen atoms in total. The van der Waals surface area contributed by atoms with Gasteiger partial charge in [-0.2, -0.15) is 0 Å². The molecule has 3 rings (SSSR count). The van der Waals surface area contributed by atoms with Gasteiger partial charge in [0.25, 0.3) is 0 Å². The van der Waals surface area contributed by atoms with Crippen LogP contribution in [0.2, 0.25) is 0 Å². The van der Waals surface area contributed by atoms with Gasteiger partial charge in [0, 0.05) is 32.6 Å². The fraction of sp³-hybridized carbons (Fsp3) is 0.529. The van der Waals surface area contributed by atoms with Crippen molar-refractivity contribution in [3.8, 4) is 0 Å². The summed E-state index contributed by atoms with van der Waals surface area (Å²) in [6.45, 7) is 1.98. The highest BCUT2D eigenvalue weighted by Crippen LogP contribution is 2.23. The lowest BCUT2D eigenvalue weighted by Crippen LogP contribution is -2.51. The quantitative estimate of drug-likeness (QED) is 0.893. The number of amides is 2. The molecule has 0 aliphatic carbocycles. The van der Waals surface area contributed by atoms with Gasteiger partial charge in [-0.05, 0) is 31.4 Å². The molecule has 2 heterocycles.